The van der Waals surface area contributed by atoms with E-state index < -0.39 is 5.91 Å². The van der Waals surface area contributed by atoms with Crippen LogP contribution >= 0.6 is 0 Å². The molecule has 2 aromatic heterocycles. The predicted octanol–water partition coefficient (Wildman–Crippen LogP) is 1.53. The molecule has 10 heteroatoms. The number of nitrogens with two attached hydrogens (primary N) is 1. The van der Waals surface area contributed by atoms with E-state index in [-0.39, 0.29) is 35.5 Å². The average molecular weight is 352 g/mol. The summed E-state index contributed by atoms with van der Waals surface area (Å²) in [5, 5.41) is 9.61. The Morgan fingerprint density at radius 2 is 1.88 bits per heavy atom. The molecule has 4 rings (SSSR count). The summed E-state index contributed by atoms with van der Waals surface area (Å²) in [5.41, 5.74) is 6.53. The number of benzene rings is 1. The summed E-state index contributed by atoms with van der Waals surface area (Å²) in [7, 11) is 0. The summed E-state index contributed by atoms with van der Waals surface area (Å²) in [4.78, 5) is 28.4. The topological polar surface area (TPSA) is 145 Å². The molecule has 26 heavy (non-hydrogen) atoms. The first-order chi connectivity index (χ1) is 12.7. The highest BCUT2D eigenvalue weighted by atomic mass is 16.5. The van der Waals surface area contributed by atoms with Crippen LogP contribution in [0.5, 0.6) is 0 Å². The number of hydrogen-bond donors (Lipinski definition) is 3. The SMILES string of the molecule is Nc1nc(Nc2ccccc2)nc(-c2noc(C(=O)NC3CCC3)n2)n1. The number of nitrogens with one attached hydrogen (secondary N) is 2. The van der Waals surface area contributed by atoms with Crippen LogP contribution in [-0.2, 0) is 0 Å². The molecule has 0 radical (unpaired) electrons. The van der Waals surface area contributed by atoms with Gasteiger partial charge in [-0.05, 0) is 31.4 Å². The third-order valence-electron chi connectivity index (χ3n) is 3.94. The molecule has 0 atom stereocenters. The lowest BCUT2D eigenvalue weighted by Crippen LogP contribution is -2.39. The smallest absolute Gasteiger partial charge is 0.316 e. The Morgan fingerprint density at radius 1 is 1.08 bits per heavy atom. The first-order valence-corrected chi connectivity index (χ1v) is 8.16. The second-order valence-electron chi connectivity index (χ2n) is 5.86. The molecule has 0 bridgehead atoms. The summed E-state index contributed by atoms with van der Waals surface area (Å²) in [6.45, 7) is 0. The molecular formula is C16H16N8O2. The van der Waals surface area contributed by atoms with Crippen LogP contribution in [0.2, 0.25) is 0 Å². The van der Waals surface area contributed by atoms with Gasteiger partial charge in [0.1, 0.15) is 0 Å². The Bertz CT molecular complexity index is 923. The number of aromatic nitrogens is 5. The number of amides is 1. The van der Waals surface area contributed by atoms with Crippen molar-refractivity contribution in [2.24, 2.45) is 0 Å². The van der Waals surface area contributed by atoms with Gasteiger partial charge in [0.05, 0.1) is 0 Å². The molecular weight excluding hydrogens is 336 g/mol. The van der Waals surface area contributed by atoms with Gasteiger partial charge in [0.25, 0.3) is 0 Å². The fraction of sp³-hybridized carbons (Fsp3) is 0.250. The third-order valence-corrected chi connectivity index (χ3v) is 3.94. The first kappa shape index (κ1) is 15.9. The second-order valence-corrected chi connectivity index (χ2v) is 5.86. The van der Waals surface area contributed by atoms with Crippen LogP contribution < -0.4 is 16.4 Å². The van der Waals surface area contributed by atoms with Crippen LogP contribution in [0.4, 0.5) is 17.6 Å². The molecule has 4 N–H and O–H groups in total. The first-order valence-electron chi connectivity index (χ1n) is 8.16. The maximum Gasteiger partial charge on any atom is 0.316 e. The van der Waals surface area contributed by atoms with Gasteiger partial charge in [0.2, 0.25) is 23.5 Å². The van der Waals surface area contributed by atoms with Crippen LogP contribution in [0, 0.1) is 0 Å². The number of rotatable bonds is 5. The van der Waals surface area contributed by atoms with Gasteiger partial charge in [0.15, 0.2) is 0 Å². The summed E-state index contributed by atoms with van der Waals surface area (Å²) in [6, 6.07) is 9.54. The molecule has 3 aromatic rings. The molecule has 1 saturated carbocycles. The van der Waals surface area contributed by atoms with Gasteiger partial charge in [-0.15, -0.1) is 0 Å². The Kier molecular flexibility index (Phi) is 4.14. The Hall–Kier alpha value is -3.56. The average Bonchev–Trinajstić information content (AvgIpc) is 3.09. The van der Waals surface area contributed by atoms with Gasteiger partial charge in [-0.25, -0.2) is 0 Å². The molecule has 10 nitrogen and oxygen atoms in total. The summed E-state index contributed by atoms with van der Waals surface area (Å²) in [6.07, 6.45) is 3.04. The van der Waals surface area contributed by atoms with Gasteiger partial charge >= 0.3 is 11.8 Å². The number of nitrogen functional groups attached to an aromatic ring is 1. The lowest BCUT2D eigenvalue weighted by molar-refractivity contribution is 0.0872. The maximum atomic E-state index is 12.1. The van der Waals surface area contributed by atoms with E-state index in [1.165, 1.54) is 0 Å². The maximum absolute atomic E-state index is 12.1. The molecule has 0 spiro atoms. The number of anilines is 3. The number of carbonyl (C=O) groups is 1. The monoisotopic (exact) mass is 352 g/mol. The van der Waals surface area contributed by atoms with Crippen LogP contribution in [-0.4, -0.2) is 37.0 Å². The molecule has 0 aliphatic heterocycles. The van der Waals surface area contributed by atoms with Crippen molar-refractivity contribution in [1.82, 2.24) is 30.4 Å². The molecule has 0 unspecified atom stereocenters. The Morgan fingerprint density at radius 3 is 2.62 bits per heavy atom. The van der Waals surface area contributed by atoms with Gasteiger partial charge in [-0.1, -0.05) is 23.4 Å². The molecule has 1 aliphatic rings. The van der Waals surface area contributed by atoms with Gasteiger partial charge in [-0.2, -0.15) is 19.9 Å². The fourth-order valence-corrected chi connectivity index (χ4v) is 2.41. The summed E-state index contributed by atoms with van der Waals surface area (Å²) < 4.78 is 5.01. The number of carbonyl (C=O) groups excluding carboxylic acids is 1. The number of para-hydroxylation sites is 1. The fourth-order valence-electron chi connectivity index (χ4n) is 2.41. The highest BCUT2D eigenvalue weighted by Gasteiger charge is 2.24. The van der Waals surface area contributed by atoms with Crippen LogP contribution in [0.3, 0.4) is 0 Å². The lowest BCUT2D eigenvalue weighted by Gasteiger charge is -2.25. The van der Waals surface area contributed by atoms with E-state index in [0.29, 0.717) is 0 Å². The minimum Gasteiger partial charge on any atom is -0.368 e. The highest BCUT2D eigenvalue weighted by molar-refractivity contribution is 5.90. The standard InChI is InChI=1S/C16H16N8O2/c17-15-21-11(22-16(23-15)19-10-5-2-1-3-6-10)12-20-14(26-24-12)13(25)18-9-7-4-8-9/h1-3,5-6,9H,4,7-8H2,(H,18,25)(H3,17,19,21,22,23). The molecule has 132 valence electrons. The summed E-state index contributed by atoms with van der Waals surface area (Å²) >= 11 is 0. The largest absolute Gasteiger partial charge is 0.368 e. The Labute approximate surface area is 148 Å². The minimum atomic E-state index is -0.405. The van der Waals surface area contributed by atoms with E-state index in [1.54, 1.807) is 0 Å². The molecule has 1 aromatic carbocycles. The molecule has 1 aliphatic carbocycles. The second kappa shape index (κ2) is 6.75. The van der Waals surface area contributed by atoms with Crippen molar-refractivity contribution in [3.8, 4) is 11.6 Å². The van der Waals surface area contributed by atoms with Gasteiger partial charge in [0, 0.05) is 11.7 Å². The Balaban J connectivity index is 1.54. The normalized spacial score (nSPS) is 13.8. The molecule has 2 heterocycles. The van der Waals surface area contributed by atoms with Crippen molar-refractivity contribution in [3.63, 3.8) is 0 Å². The third kappa shape index (κ3) is 3.43. The number of nitrogens with zero attached hydrogens (tertiary/aromatic N) is 5. The van der Waals surface area contributed by atoms with E-state index in [4.69, 9.17) is 10.3 Å². The highest BCUT2D eigenvalue weighted by Crippen LogP contribution is 2.20. The minimum absolute atomic E-state index is 0.00120. The van der Waals surface area contributed by atoms with Gasteiger partial charge < -0.3 is 20.9 Å². The van der Waals surface area contributed by atoms with Crippen molar-refractivity contribution in [2.45, 2.75) is 25.3 Å². The quantitative estimate of drug-likeness (QED) is 0.622. The summed E-state index contributed by atoms with van der Waals surface area (Å²) in [5.74, 6) is -0.124. The van der Waals surface area contributed by atoms with E-state index in [9.17, 15) is 4.79 Å². The van der Waals surface area contributed by atoms with Crippen molar-refractivity contribution in [2.75, 3.05) is 11.1 Å². The molecule has 0 saturated heterocycles. The molecule has 1 amide bonds. The van der Waals surface area contributed by atoms with E-state index >= 15 is 0 Å². The van der Waals surface area contributed by atoms with Crippen LogP contribution in [0.15, 0.2) is 34.9 Å². The molecule has 1 fully saturated rings. The predicted molar refractivity (Wildman–Crippen MR) is 92.4 cm³/mol. The van der Waals surface area contributed by atoms with E-state index in [0.717, 1.165) is 24.9 Å². The zero-order chi connectivity index (χ0) is 17.9. The zero-order valence-corrected chi connectivity index (χ0v) is 13.7. The van der Waals surface area contributed by atoms with E-state index in [1.807, 2.05) is 30.3 Å². The number of hydrogen-bond acceptors (Lipinski definition) is 9. The lowest BCUT2D eigenvalue weighted by atomic mass is 9.93. The van der Waals surface area contributed by atoms with Crippen LogP contribution in [0.25, 0.3) is 11.6 Å². The van der Waals surface area contributed by atoms with Crippen molar-refractivity contribution in [1.29, 1.82) is 0 Å². The van der Waals surface area contributed by atoms with Crippen molar-refractivity contribution < 1.29 is 9.32 Å². The van der Waals surface area contributed by atoms with E-state index in [2.05, 4.69) is 35.7 Å². The van der Waals surface area contributed by atoms with Gasteiger partial charge in [-0.3, -0.25) is 4.79 Å². The van der Waals surface area contributed by atoms with Crippen molar-refractivity contribution in [3.05, 3.63) is 36.2 Å². The zero-order valence-electron chi connectivity index (χ0n) is 13.7. The van der Waals surface area contributed by atoms with Crippen LogP contribution in [0.1, 0.15) is 29.9 Å². The van der Waals surface area contributed by atoms with Crippen molar-refractivity contribution >= 4 is 23.5 Å².